The second kappa shape index (κ2) is 11.7. The number of hydrogen-bond acceptors (Lipinski definition) is 4. The van der Waals surface area contributed by atoms with E-state index in [2.05, 4.69) is 103 Å². The molecule has 0 aliphatic heterocycles. The Kier molecular flexibility index (Phi) is 6.52. The fourth-order valence-electron chi connectivity index (χ4n) is 8.04. The van der Waals surface area contributed by atoms with Gasteiger partial charge in [0.25, 0.3) is 0 Å². The summed E-state index contributed by atoms with van der Waals surface area (Å²) in [6, 6.07) is 61.6. The highest BCUT2D eigenvalue weighted by molar-refractivity contribution is 6.17. The Morgan fingerprint density at radius 1 is 0.302 bits per heavy atom. The predicted molar refractivity (Wildman–Crippen MR) is 216 cm³/mol. The maximum absolute atomic E-state index is 6.67. The maximum atomic E-state index is 6.67. The zero-order valence-corrected chi connectivity index (χ0v) is 28.5. The molecule has 0 N–H and O–H groups in total. The van der Waals surface area contributed by atoms with Crippen molar-refractivity contribution in [1.82, 2.24) is 15.0 Å². The number of hydrogen-bond donors (Lipinski definition) is 0. The lowest BCUT2D eigenvalue weighted by Crippen LogP contribution is -2.00. The molecular formula is C49H29N3O. The minimum Gasteiger partial charge on any atom is -0.456 e. The SMILES string of the molecule is c1ccc(-c2nc(-c3ccccc3)nc(-c3cccc4oc5cc(-c6cc7c(cc6-c6ccccc6)-c6cccc8cccc-7c68)ccc5c34)n2)cc1. The fraction of sp³-hybridized carbons (Fsp3) is 0. The van der Waals surface area contributed by atoms with Crippen LogP contribution in [0.5, 0.6) is 0 Å². The van der Waals surface area contributed by atoms with Crippen LogP contribution in [0.1, 0.15) is 0 Å². The molecule has 0 atom stereocenters. The van der Waals surface area contributed by atoms with Crippen LogP contribution >= 0.6 is 0 Å². The summed E-state index contributed by atoms with van der Waals surface area (Å²) in [4.78, 5) is 15.0. The molecule has 10 aromatic rings. The molecule has 1 aliphatic rings. The number of aromatic nitrogens is 3. The topological polar surface area (TPSA) is 51.8 Å². The van der Waals surface area contributed by atoms with Crippen molar-refractivity contribution in [2.45, 2.75) is 0 Å². The molecule has 4 nitrogen and oxygen atoms in total. The number of benzene rings is 8. The summed E-state index contributed by atoms with van der Waals surface area (Å²) in [5, 5.41) is 4.59. The van der Waals surface area contributed by atoms with Crippen molar-refractivity contribution in [3.63, 3.8) is 0 Å². The molecule has 0 saturated carbocycles. The molecule has 4 heteroatoms. The second-order valence-corrected chi connectivity index (χ2v) is 13.5. The molecule has 53 heavy (non-hydrogen) atoms. The summed E-state index contributed by atoms with van der Waals surface area (Å²) in [6.45, 7) is 0. The van der Waals surface area contributed by atoms with Crippen molar-refractivity contribution < 1.29 is 4.42 Å². The van der Waals surface area contributed by atoms with E-state index in [9.17, 15) is 0 Å². The lowest BCUT2D eigenvalue weighted by Gasteiger charge is -2.15. The van der Waals surface area contributed by atoms with Crippen LogP contribution in [0.15, 0.2) is 180 Å². The Balaban J connectivity index is 1.11. The molecule has 0 unspecified atom stereocenters. The third kappa shape index (κ3) is 4.73. The summed E-state index contributed by atoms with van der Waals surface area (Å²) in [5.41, 5.74) is 14.1. The van der Waals surface area contributed by atoms with Crippen molar-refractivity contribution in [2.75, 3.05) is 0 Å². The highest BCUT2D eigenvalue weighted by Gasteiger charge is 2.25. The molecule has 0 fully saturated rings. The molecule has 11 rings (SSSR count). The van der Waals surface area contributed by atoms with Gasteiger partial charge in [0.1, 0.15) is 11.2 Å². The summed E-state index contributed by atoms with van der Waals surface area (Å²) < 4.78 is 6.67. The summed E-state index contributed by atoms with van der Waals surface area (Å²) in [6.07, 6.45) is 0. The molecule has 0 radical (unpaired) electrons. The Morgan fingerprint density at radius 3 is 1.45 bits per heavy atom. The monoisotopic (exact) mass is 675 g/mol. The quantitative estimate of drug-likeness (QED) is 0.182. The maximum Gasteiger partial charge on any atom is 0.164 e. The first-order valence-electron chi connectivity index (χ1n) is 17.9. The predicted octanol–water partition coefficient (Wildman–Crippen LogP) is 12.9. The van der Waals surface area contributed by atoms with E-state index < -0.39 is 0 Å². The summed E-state index contributed by atoms with van der Waals surface area (Å²) in [7, 11) is 0. The largest absolute Gasteiger partial charge is 0.456 e. The van der Waals surface area contributed by atoms with Gasteiger partial charge < -0.3 is 4.42 Å². The van der Waals surface area contributed by atoms with Crippen molar-refractivity contribution in [1.29, 1.82) is 0 Å². The Hall–Kier alpha value is -7.17. The van der Waals surface area contributed by atoms with E-state index in [1.165, 1.54) is 49.7 Å². The van der Waals surface area contributed by atoms with E-state index in [1.54, 1.807) is 0 Å². The van der Waals surface area contributed by atoms with Crippen molar-refractivity contribution in [2.24, 2.45) is 0 Å². The number of rotatable bonds is 5. The van der Waals surface area contributed by atoms with Crippen LogP contribution in [-0.4, -0.2) is 15.0 Å². The molecule has 2 aromatic heterocycles. The van der Waals surface area contributed by atoms with E-state index in [1.807, 2.05) is 72.8 Å². The van der Waals surface area contributed by atoms with Crippen LogP contribution in [0.3, 0.4) is 0 Å². The summed E-state index contributed by atoms with van der Waals surface area (Å²) >= 11 is 0. The van der Waals surface area contributed by atoms with Gasteiger partial charge in [-0.3, -0.25) is 0 Å². The van der Waals surface area contributed by atoms with Gasteiger partial charge >= 0.3 is 0 Å². The third-order valence-corrected chi connectivity index (χ3v) is 10.5. The molecule has 0 spiro atoms. The normalized spacial score (nSPS) is 11.8. The smallest absolute Gasteiger partial charge is 0.164 e. The van der Waals surface area contributed by atoms with E-state index in [0.717, 1.165) is 44.2 Å². The first-order chi connectivity index (χ1) is 26.3. The Bertz CT molecular complexity index is 2980. The number of fused-ring (bicyclic) bond motifs is 6. The lowest BCUT2D eigenvalue weighted by molar-refractivity contribution is 0.669. The van der Waals surface area contributed by atoms with E-state index >= 15 is 0 Å². The first kappa shape index (κ1) is 29.5. The highest BCUT2D eigenvalue weighted by atomic mass is 16.3. The molecule has 8 aromatic carbocycles. The van der Waals surface area contributed by atoms with Crippen LogP contribution in [-0.2, 0) is 0 Å². The standard InChI is InChI=1S/C49H29N3O/c1-4-13-30(14-5-1)39-28-41-35-21-10-19-31-20-11-22-36(45(31)35)42(41)29-40(39)34-25-26-37-44(27-34)53-43-24-12-23-38(46(37)43)49-51-47(32-15-6-2-7-16-32)50-48(52-49)33-17-8-3-9-18-33/h1-29H. The van der Waals surface area contributed by atoms with Gasteiger partial charge in [0.05, 0.1) is 0 Å². The van der Waals surface area contributed by atoms with E-state index in [4.69, 9.17) is 19.4 Å². The second-order valence-electron chi connectivity index (χ2n) is 13.5. The Morgan fingerprint density at radius 2 is 0.830 bits per heavy atom. The number of nitrogens with zero attached hydrogens (tertiary/aromatic N) is 3. The zero-order valence-electron chi connectivity index (χ0n) is 28.5. The van der Waals surface area contributed by atoms with Gasteiger partial charge in [-0.15, -0.1) is 0 Å². The van der Waals surface area contributed by atoms with Crippen LogP contribution in [0.4, 0.5) is 0 Å². The van der Waals surface area contributed by atoms with Gasteiger partial charge in [-0.25, -0.2) is 15.0 Å². The first-order valence-corrected chi connectivity index (χ1v) is 17.9. The van der Waals surface area contributed by atoms with Crippen LogP contribution in [0, 0.1) is 0 Å². The van der Waals surface area contributed by atoms with Crippen LogP contribution < -0.4 is 0 Å². The lowest BCUT2D eigenvalue weighted by atomic mass is 9.89. The van der Waals surface area contributed by atoms with Crippen molar-refractivity contribution >= 4 is 32.7 Å². The molecule has 2 heterocycles. The fourth-order valence-corrected chi connectivity index (χ4v) is 8.04. The van der Waals surface area contributed by atoms with E-state index in [-0.39, 0.29) is 0 Å². The zero-order chi connectivity index (χ0) is 34.9. The van der Waals surface area contributed by atoms with E-state index in [0.29, 0.717) is 17.5 Å². The number of furan rings is 1. The molecular weight excluding hydrogens is 647 g/mol. The van der Waals surface area contributed by atoms with Crippen molar-refractivity contribution in [3.8, 4) is 78.7 Å². The van der Waals surface area contributed by atoms with Gasteiger partial charge in [0.2, 0.25) is 0 Å². The minimum atomic E-state index is 0.605. The molecule has 0 saturated heterocycles. The molecule has 1 aliphatic carbocycles. The van der Waals surface area contributed by atoms with Gasteiger partial charge in [-0.1, -0.05) is 146 Å². The molecule has 246 valence electrons. The van der Waals surface area contributed by atoms with Crippen LogP contribution in [0.25, 0.3) is 111 Å². The van der Waals surface area contributed by atoms with Gasteiger partial charge in [0, 0.05) is 27.5 Å². The molecule has 0 bridgehead atoms. The Labute approximate surface area is 305 Å². The average molecular weight is 676 g/mol. The van der Waals surface area contributed by atoms with Gasteiger partial charge in [-0.05, 0) is 85.6 Å². The highest BCUT2D eigenvalue weighted by Crippen LogP contribution is 2.51. The third-order valence-electron chi connectivity index (χ3n) is 10.5. The van der Waals surface area contributed by atoms with Gasteiger partial charge in [0.15, 0.2) is 17.5 Å². The van der Waals surface area contributed by atoms with Crippen LogP contribution in [0.2, 0.25) is 0 Å². The van der Waals surface area contributed by atoms with Crippen molar-refractivity contribution in [3.05, 3.63) is 176 Å². The average Bonchev–Trinajstić information content (AvgIpc) is 3.77. The summed E-state index contributed by atoms with van der Waals surface area (Å²) in [5.74, 6) is 1.86. The van der Waals surface area contributed by atoms with Gasteiger partial charge in [-0.2, -0.15) is 0 Å². The molecule has 0 amide bonds. The minimum absolute atomic E-state index is 0.605.